The van der Waals surface area contributed by atoms with Crippen molar-refractivity contribution in [3.63, 3.8) is 0 Å². The Kier molecular flexibility index (Phi) is 4.93. The van der Waals surface area contributed by atoms with Crippen LogP contribution >= 0.6 is 11.6 Å². The minimum atomic E-state index is 0.259. The monoisotopic (exact) mass is 279 g/mol. The Morgan fingerprint density at radius 2 is 1.84 bits per heavy atom. The number of aromatic nitrogens is 3. The molecular formula is C14H18ClN3O. The Labute approximate surface area is 118 Å². The molecule has 0 atom stereocenters. The predicted molar refractivity (Wildman–Crippen MR) is 76.1 cm³/mol. The van der Waals surface area contributed by atoms with Gasteiger partial charge in [-0.1, -0.05) is 18.0 Å². The van der Waals surface area contributed by atoms with E-state index in [2.05, 4.69) is 10.2 Å². The van der Waals surface area contributed by atoms with Crippen molar-refractivity contribution in [2.75, 3.05) is 6.61 Å². The van der Waals surface area contributed by atoms with Crippen LogP contribution in [0.25, 0.3) is 11.4 Å². The van der Waals surface area contributed by atoms with Crippen LogP contribution < -0.4 is 0 Å². The van der Waals surface area contributed by atoms with Crippen molar-refractivity contribution >= 4 is 11.6 Å². The zero-order valence-corrected chi connectivity index (χ0v) is 11.8. The molecule has 1 heterocycles. The minimum absolute atomic E-state index is 0.259. The summed E-state index contributed by atoms with van der Waals surface area (Å²) >= 11 is 5.88. The smallest absolute Gasteiger partial charge is 0.163 e. The highest BCUT2D eigenvalue weighted by atomic mass is 35.5. The van der Waals surface area contributed by atoms with Gasteiger partial charge >= 0.3 is 0 Å². The SMILES string of the molecule is Cn1c(CCCCCO)nnc1-c1ccc(Cl)cc1. The Morgan fingerprint density at radius 3 is 2.53 bits per heavy atom. The maximum Gasteiger partial charge on any atom is 0.163 e. The van der Waals surface area contributed by atoms with Crippen LogP contribution in [0.15, 0.2) is 24.3 Å². The van der Waals surface area contributed by atoms with Gasteiger partial charge < -0.3 is 9.67 Å². The van der Waals surface area contributed by atoms with Crippen molar-refractivity contribution in [3.8, 4) is 11.4 Å². The fourth-order valence-corrected chi connectivity index (χ4v) is 2.13. The van der Waals surface area contributed by atoms with Gasteiger partial charge in [0.25, 0.3) is 0 Å². The first-order valence-corrected chi connectivity index (χ1v) is 6.85. The van der Waals surface area contributed by atoms with Crippen LogP contribution in [0.2, 0.25) is 5.02 Å². The van der Waals surface area contributed by atoms with E-state index in [1.807, 2.05) is 35.9 Å². The summed E-state index contributed by atoms with van der Waals surface area (Å²) in [5, 5.41) is 17.9. The molecule has 0 unspecified atom stereocenters. The van der Waals surface area contributed by atoms with Crippen LogP contribution in [-0.2, 0) is 13.5 Å². The number of nitrogens with zero attached hydrogens (tertiary/aromatic N) is 3. The van der Waals surface area contributed by atoms with Crippen LogP contribution in [0.1, 0.15) is 25.1 Å². The summed E-state index contributed by atoms with van der Waals surface area (Å²) in [4.78, 5) is 0. The lowest BCUT2D eigenvalue weighted by Gasteiger charge is -2.04. The minimum Gasteiger partial charge on any atom is -0.396 e. The fourth-order valence-electron chi connectivity index (χ4n) is 2.00. The van der Waals surface area contributed by atoms with Crippen LogP contribution in [0.5, 0.6) is 0 Å². The Bertz CT molecular complexity index is 522. The molecule has 1 aromatic heterocycles. The van der Waals surface area contributed by atoms with Gasteiger partial charge in [-0.25, -0.2) is 0 Å². The summed E-state index contributed by atoms with van der Waals surface area (Å²) in [6, 6.07) is 7.60. The van der Waals surface area contributed by atoms with E-state index < -0.39 is 0 Å². The molecule has 0 bridgehead atoms. The third kappa shape index (κ3) is 3.55. The Balaban J connectivity index is 2.07. The summed E-state index contributed by atoms with van der Waals surface area (Å²) in [5.41, 5.74) is 1.01. The first kappa shape index (κ1) is 14.0. The molecular weight excluding hydrogens is 262 g/mol. The fraction of sp³-hybridized carbons (Fsp3) is 0.429. The van der Waals surface area contributed by atoms with Gasteiger partial charge in [-0.3, -0.25) is 0 Å². The van der Waals surface area contributed by atoms with Crippen molar-refractivity contribution in [1.29, 1.82) is 0 Å². The second kappa shape index (κ2) is 6.68. The lowest BCUT2D eigenvalue weighted by Crippen LogP contribution is -2.00. The summed E-state index contributed by atoms with van der Waals surface area (Å²) in [5.74, 6) is 1.83. The molecule has 0 saturated heterocycles. The van der Waals surface area contributed by atoms with Gasteiger partial charge in [-0.05, 0) is 37.1 Å². The van der Waals surface area contributed by atoms with Crippen molar-refractivity contribution in [2.24, 2.45) is 7.05 Å². The molecule has 0 aliphatic heterocycles. The van der Waals surface area contributed by atoms with Crippen molar-refractivity contribution in [3.05, 3.63) is 35.1 Å². The van der Waals surface area contributed by atoms with E-state index in [1.165, 1.54) is 0 Å². The Morgan fingerprint density at radius 1 is 1.11 bits per heavy atom. The van der Waals surface area contributed by atoms with Crippen LogP contribution in [-0.4, -0.2) is 26.5 Å². The first-order chi connectivity index (χ1) is 9.22. The topological polar surface area (TPSA) is 50.9 Å². The summed E-state index contributed by atoms with van der Waals surface area (Å²) in [6.45, 7) is 0.259. The third-order valence-corrected chi connectivity index (χ3v) is 3.38. The molecule has 1 aromatic carbocycles. The van der Waals surface area contributed by atoms with E-state index >= 15 is 0 Å². The highest BCUT2D eigenvalue weighted by Crippen LogP contribution is 2.20. The van der Waals surface area contributed by atoms with E-state index in [4.69, 9.17) is 16.7 Å². The van der Waals surface area contributed by atoms with E-state index in [-0.39, 0.29) is 6.61 Å². The lowest BCUT2D eigenvalue weighted by atomic mass is 10.2. The van der Waals surface area contributed by atoms with Crippen molar-refractivity contribution < 1.29 is 5.11 Å². The first-order valence-electron chi connectivity index (χ1n) is 6.47. The molecule has 1 N–H and O–H groups in total. The van der Waals surface area contributed by atoms with E-state index in [1.54, 1.807) is 0 Å². The van der Waals surface area contributed by atoms with E-state index in [9.17, 15) is 0 Å². The lowest BCUT2D eigenvalue weighted by molar-refractivity contribution is 0.283. The summed E-state index contributed by atoms with van der Waals surface area (Å²) in [6.07, 6.45) is 3.77. The standard InChI is InChI=1S/C14H18ClN3O/c1-18-13(5-3-2-4-10-19)16-17-14(18)11-6-8-12(15)9-7-11/h6-9,19H,2-5,10H2,1H3. The van der Waals surface area contributed by atoms with Crippen LogP contribution in [0, 0.1) is 0 Å². The maximum atomic E-state index is 8.75. The second-order valence-electron chi connectivity index (χ2n) is 4.54. The third-order valence-electron chi connectivity index (χ3n) is 3.13. The van der Waals surface area contributed by atoms with Gasteiger partial charge in [0.1, 0.15) is 5.82 Å². The van der Waals surface area contributed by atoms with E-state index in [0.29, 0.717) is 0 Å². The van der Waals surface area contributed by atoms with Crippen LogP contribution in [0.4, 0.5) is 0 Å². The molecule has 0 aliphatic carbocycles. The van der Waals surface area contributed by atoms with Crippen molar-refractivity contribution in [1.82, 2.24) is 14.8 Å². The van der Waals surface area contributed by atoms with Crippen molar-refractivity contribution in [2.45, 2.75) is 25.7 Å². The molecule has 4 nitrogen and oxygen atoms in total. The molecule has 5 heteroatoms. The molecule has 0 amide bonds. The highest BCUT2D eigenvalue weighted by Gasteiger charge is 2.10. The molecule has 0 spiro atoms. The average molecular weight is 280 g/mol. The molecule has 0 fully saturated rings. The maximum absolute atomic E-state index is 8.75. The number of aryl methyl sites for hydroxylation is 1. The van der Waals surface area contributed by atoms with Gasteiger partial charge in [0.05, 0.1) is 0 Å². The summed E-state index contributed by atoms with van der Waals surface area (Å²) in [7, 11) is 1.98. The molecule has 102 valence electrons. The van der Waals surface area contributed by atoms with Gasteiger partial charge in [-0.2, -0.15) is 0 Å². The molecule has 2 aromatic rings. The molecule has 19 heavy (non-hydrogen) atoms. The normalized spacial score (nSPS) is 10.9. The number of halogens is 1. The Hall–Kier alpha value is -1.39. The van der Waals surface area contributed by atoms with Gasteiger partial charge in [-0.15, -0.1) is 10.2 Å². The van der Waals surface area contributed by atoms with Gasteiger partial charge in [0.15, 0.2) is 5.82 Å². The molecule has 0 saturated carbocycles. The van der Waals surface area contributed by atoms with Crippen LogP contribution in [0.3, 0.4) is 0 Å². The largest absolute Gasteiger partial charge is 0.396 e. The number of aliphatic hydroxyl groups excluding tert-OH is 1. The zero-order chi connectivity index (χ0) is 13.7. The number of unbranched alkanes of at least 4 members (excludes halogenated alkanes) is 2. The highest BCUT2D eigenvalue weighted by molar-refractivity contribution is 6.30. The second-order valence-corrected chi connectivity index (χ2v) is 4.98. The number of benzene rings is 1. The molecule has 2 rings (SSSR count). The predicted octanol–water partition coefficient (Wildman–Crippen LogP) is 2.84. The quantitative estimate of drug-likeness (QED) is 0.827. The number of hydrogen-bond donors (Lipinski definition) is 1. The van der Waals surface area contributed by atoms with E-state index in [0.717, 1.165) is 47.9 Å². The summed E-state index contributed by atoms with van der Waals surface area (Å²) < 4.78 is 2.02. The average Bonchev–Trinajstić information content (AvgIpc) is 2.77. The number of rotatable bonds is 6. The zero-order valence-electron chi connectivity index (χ0n) is 11.0. The number of aliphatic hydroxyl groups is 1. The molecule has 0 radical (unpaired) electrons. The number of hydrogen-bond acceptors (Lipinski definition) is 3. The van der Waals surface area contributed by atoms with Gasteiger partial charge in [0.2, 0.25) is 0 Å². The molecule has 0 aliphatic rings. The van der Waals surface area contributed by atoms with Gasteiger partial charge in [0, 0.05) is 30.7 Å².